The van der Waals surface area contributed by atoms with Crippen molar-refractivity contribution >= 4 is 42.9 Å². The summed E-state index contributed by atoms with van der Waals surface area (Å²) in [5.74, 6) is 0. The van der Waals surface area contributed by atoms with Crippen LogP contribution in [0.25, 0.3) is 0 Å². The average Bonchev–Trinajstić information content (AvgIpc) is 2.02. The number of hydrogen-bond donors (Lipinski definition) is 0. The van der Waals surface area contributed by atoms with E-state index in [0.29, 0.717) is 10.8 Å². The molecule has 4 nitrogen and oxygen atoms in total. The van der Waals surface area contributed by atoms with Crippen molar-refractivity contribution in [2.75, 3.05) is 10.4 Å². The van der Waals surface area contributed by atoms with Gasteiger partial charge in [0.1, 0.15) is 10.4 Å². The van der Waals surface area contributed by atoms with Crippen molar-refractivity contribution in [2.24, 2.45) is 0 Å². The van der Waals surface area contributed by atoms with Gasteiger partial charge in [-0.1, -0.05) is 0 Å². The molecule has 0 spiro atoms. The molecule has 0 saturated heterocycles. The molecule has 0 fully saturated rings. The summed E-state index contributed by atoms with van der Waals surface area (Å²) in [6.45, 7) is 0. The summed E-state index contributed by atoms with van der Waals surface area (Å²) in [6, 6.07) is 0. The summed E-state index contributed by atoms with van der Waals surface area (Å²) in [4.78, 5) is 0. The molecular weight excluding hydrogens is 247 g/mol. The van der Waals surface area contributed by atoms with E-state index in [-0.39, 0.29) is 0 Å². The molecule has 0 bridgehead atoms. The summed E-state index contributed by atoms with van der Waals surface area (Å²) in [6.07, 6.45) is 0. The molecule has 0 unspecified atom stereocenters. The topological polar surface area (TPSA) is 68.3 Å². The van der Waals surface area contributed by atoms with E-state index in [1.807, 2.05) is 0 Å². The van der Waals surface area contributed by atoms with Crippen LogP contribution >= 0.6 is 23.2 Å². The van der Waals surface area contributed by atoms with Gasteiger partial charge < -0.3 is 0 Å². The third-order valence-electron chi connectivity index (χ3n) is 0.774. The molecule has 0 aliphatic carbocycles. The van der Waals surface area contributed by atoms with Crippen molar-refractivity contribution < 1.29 is 16.8 Å². The molecule has 0 radical (unpaired) electrons. The van der Waals surface area contributed by atoms with Gasteiger partial charge in [0.05, 0.1) is 0 Å². The third-order valence-corrected chi connectivity index (χ3v) is 4.48. The maximum absolute atomic E-state index is 10.6. The van der Waals surface area contributed by atoms with Crippen LogP contribution in [0.3, 0.4) is 0 Å². The van der Waals surface area contributed by atoms with Gasteiger partial charge in [-0.2, -0.15) is 0 Å². The maximum Gasteiger partial charge on any atom is 0.186 e. The zero-order chi connectivity index (χ0) is 9.83. The van der Waals surface area contributed by atoms with Crippen LogP contribution in [-0.2, 0) is 19.7 Å². The monoisotopic (exact) mass is 252 g/mol. The Bertz CT molecular complexity index is 317. The molecule has 0 aliphatic rings. The molecule has 0 aromatic carbocycles. The molecule has 0 N–H and O–H groups in total. The molecule has 0 aromatic rings. The maximum atomic E-state index is 10.6. The molecule has 0 heterocycles. The van der Waals surface area contributed by atoms with E-state index in [0.717, 1.165) is 0 Å². The fraction of sp³-hybridized carbons (Fsp3) is 0.500. The average molecular weight is 253 g/mol. The van der Waals surface area contributed by atoms with E-state index in [1.165, 1.54) is 0 Å². The summed E-state index contributed by atoms with van der Waals surface area (Å²) < 4.78 is 42.5. The van der Waals surface area contributed by atoms with Crippen molar-refractivity contribution in [2.45, 2.75) is 0 Å². The number of halogens is 2. The SMILES string of the molecule is O=S(=O)(/C=C\S(=O)(=O)CCl)CCl. The van der Waals surface area contributed by atoms with Crippen LogP contribution in [0, 0.1) is 0 Å². The number of rotatable bonds is 4. The molecule has 0 rings (SSSR count). The Morgan fingerprint density at radius 3 is 1.25 bits per heavy atom. The highest BCUT2D eigenvalue weighted by Gasteiger charge is 2.07. The van der Waals surface area contributed by atoms with E-state index in [2.05, 4.69) is 0 Å². The van der Waals surface area contributed by atoms with Gasteiger partial charge in [0.2, 0.25) is 0 Å². The highest BCUT2D eigenvalue weighted by Crippen LogP contribution is 2.01. The quantitative estimate of drug-likeness (QED) is 0.691. The minimum absolute atomic E-state index is 0.526. The van der Waals surface area contributed by atoms with Crippen LogP contribution in [-0.4, -0.2) is 27.3 Å². The first-order valence-electron chi connectivity index (χ1n) is 2.58. The first-order chi connectivity index (χ1) is 5.33. The number of sulfone groups is 2. The smallest absolute Gasteiger partial charge is 0.186 e. The fourth-order valence-electron chi connectivity index (χ4n) is 0.242. The van der Waals surface area contributed by atoms with E-state index in [4.69, 9.17) is 23.2 Å². The van der Waals surface area contributed by atoms with Gasteiger partial charge in [-0.3, -0.25) is 0 Å². The van der Waals surface area contributed by atoms with Crippen molar-refractivity contribution in [1.29, 1.82) is 0 Å². The largest absolute Gasteiger partial charge is 0.223 e. The molecule has 8 heteroatoms. The summed E-state index contributed by atoms with van der Waals surface area (Å²) in [7, 11) is -7.23. The summed E-state index contributed by atoms with van der Waals surface area (Å²) in [5.41, 5.74) is 0. The zero-order valence-corrected chi connectivity index (χ0v) is 8.92. The summed E-state index contributed by atoms with van der Waals surface area (Å²) in [5, 5.41) is -0.252. The molecule has 12 heavy (non-hydrogen) atoms. The predicted octanol–water partition coefficient (Wildman–Crippen LogP) is 0.680. The predicted molar refractivity (Wildman–Crippen MR) is 48.4 cm³/mol. The van der Waals surface area contributed by atoms with Crippen LogP contribution in [0.15, 0.2) is 10.8 Å². The van der Waals surface area contributed by atoms with Crippen molar-refractivity contribution in [1.82, 2.24) is 0 Å². The first-order valence-corrected chi connectivity index (χ1v) is 7.08. The Morgan fingerprint density at radius 2 is 1.08 bits per heavy atom. The van der Waals surface area contributed by atoms with Gasteiger partial charge in [0.25, 0.3) is 0 Å². The molecule has 72 valence electrons. The normalized spacial score (nSPS) is 13.8. The Balaban J connectivity index is 4.70. The lowest BCUT2D eigenvalue weighted by molar-refractivity contribution is 0.604. The lowest BCUT2D eigenvalue weighted by atomic mass is 11.3. The van der Waals surface area contributed by atoms with Gasteiger partial charge in [-0.05, 0) is 0 Å². The molecule has 0 atom stereocenters. The standard InChI is InChI=1S/C4H6Cl2O4S2/c5-3-11(7,8)1-2-12(9,10)4-6/h1-2H,3-4H2/b2-1-. The number of hydrogen-bond acceptors (Lipinski definition) is 4. The van der Waals surface area contributed by atoms with E-state index < -0.39 is 30.1 Å². The lowest BCUT2D eigenvalue weighted by Gasteiger charge is -1.90. The van der Waals surface area contributed by atoms with E-state index in [9.17, 15) is 16.8 Å². The molecule has 0 aliphatic heterocycles. The second-order valence-electron chi connectivity index (χ2n) is 1.82. The Labute approximate surface area is 81.0 Å². The van der Waals surface area contributed by atoms with Crippen LogP contribution in [0.5, 0.6) is 0 Å². The lowest BCUT2D eigenvalue weighted by Crippen LogP contribution is -2.00. The first kappa shape index (κ1) is 12.2. The zero-order valence-electron chi connectivity index (χ0n) is 5.77. The highest BCUT2D eigenvalue weighted by molar-refractivity contribution is 7.98. The Morgan fingerprint density at radius 1 is 0.833 bits per heavy atom. The van der Waals surface area contributed by atoms with Gasteiger partial charge in [-0.25, -0.2) is 16.8 Å². The van der Waals surface area contributed by atoms with Crippen molar-refractivity contribution in [3.05, 3.63) is 10.8 Å². The van der Waals surface area contributed by atoms with Crippen molar-refractivity contribution in [3.63, 3.8) is 0 Å². The highest BCUT2D eigenvalue weighted by atomic mass is 35.5. The van der Waals surface area contributed by atoms with E-state index >= 15 is 0 Å². The van der Waals surface area contributed by atoms with Gasteiger partial charge >= 0.3 is 0 Å². The van der Waals surface area contributed by atoms with Gasteiger partial charge in [0.15, 0.2) is 19.7 Å². The summed E-state index contributed by atoms with van der Waals surface area (Å²) >= 11 is 10.00. The van der Waals surface area contributed by atoms with Crippen molar-refractivity contribution in [3.8, 4) is 0 Å². The fourth-order valence-corrected chi connectivity index (χ4v) is 2.18. The molecule has 0 aromatic heterocycles. The molecular formula is C4H6Cl2O4S2. The molecule has 0 saturated carbocycles. The minimum Gasteiger partial charge on any atom is -0.223 e. The third kappa shape index (κ3) is 4.97. The van der Waals surface area contributed by atoms with Gasteiger partial charge in [0, 0.05) is 10.8 Å². The minimum atomic E-state index is -3.62. The van der Waals surface area contributed by atoms with Crippen LogP contribution < -0.4 is 0 Å². The second-order valence-corrected chi connectivity index (χ2v) is 6.76. The van der Waals surface area contributed by atoms with Crippen LogP contribution in [0.1, 0.15) is 0 Å². The van der Waals surface area contributed by atoms with Gasteiger partial charge in [-0.15, -0.1) is 23.2 Å². The molecule has 0 amide bonds. The Kier molecular flexibility index (Phi) is 4.54. The Hall–Kier alpha value is 0.220. The van der Waals surface area contributed by atoms with Crippen LogP contribution in [0.2, 0.25) is 0 Å². The van der Waals surface area contributed by atoms with E-state index in [1.54, 1.807) is 0 Å². The van der Waals surface area contributed by atoms with Crippen LogP contribution in [0.4, 0.5) is 0 Å². The second kappa shape index (κ2) is 4.45. The number of alkyl halides is 2.